The normalized spacial score (nSPS) is 10.1. The summed E-state index contributed by atoms with van der Waals surface area (Å²) >= 11 is 7.51. The molecule has 2 rings (SSSR count). The molecule has 76 valence electrons. The summed E-state index contributed by atoms with van der Waals surface area (Å²) in [4.78, 5) is 1.13. The molecule has 0 unspecified atom stereocenters. The van der Waals surface area contributed by atoms with Gasteiger partial charge in [-0.25, -0.2) is 0 Å². The second kappa shape index (κ2) is 4.52. The molecular formula is C11H9ClN2S. The summed E-state index contributed by atoms with van der Waals surface area (Å²) in [6.45, 7) is 0.481. The van der Waals surface area contributed by atoms with Crippen molar-refractivity contribution in [3.05, 3.63) is 29.3 Å². The van der Waals surface area contributed by atoms with Crippen molar-refractivity contribution in [3.8, 4) is 22.9 Å². The van der Waals surface area contributed by atoms with Crippen LogP contribution in [-0.2, 0) is 12.4 Å². The highest BCUT2D eigenvalue weighted by atomic mass is 35.5. The maximum absolute atomic E-state index is 5.86. The maximum Gasteiger partial charge on any atom is 0.107 e. The molecule has 0 saturated heterocycles. The summed E-state index contributed by atoms with van der Waals surface area (Å²) < 4.78 is 1.74. The zero-order valence-electron chi connectivity index (χ0n) is 7.98. The number of nitrogens with zero attached hydrogens (tertiary/aromatic N) is 2. The van der Waals surface area contributed by atoms with Gasteiger partial charge in [-0.15, -0.1) is 29.4 Å². The lowest BCUT2D eigenvalue weighted by molar-refractivity contribution is 0.718. The van der Waals surface area contributed by atoms with Crippen molar-refractivity contribution in [1.82, 2.24) is 9.78 Å². The van der Waals surface area contributed by atoms with Gasteiger partial charge in [0.2, 0.25) is 0 Å². The van der Waals surface area contributed by atoms with Crippen molar-refractivity contribution < 1.29 is 0 Å². The Morgan fingerprint density at radius 2 is 2.47 bits per heavy atom. The third-order valence-corrected chi connectivity index (χ3v) is 3.15. The topological polar surface area (TPSA) is 17.8 Å². The van der Waals surface area contributed by atoms with Crippen molar-refractivity contribution in [3.63, 3.8) is 0 Å². The summed E-state index contributed by atoms with van der Waals surface area (Å²) in [7, 11) is 0. The average molecular weight is 237 g/mol. The number of terminal acetylenes is 1. The highest BCUT2D eigenvalue weighted by molar-refractivity contribution is 7.13. The van der Waals surface area contributed by atoms with Crippen LogP contribution >= 0.6 is 22.9 Å². The van der Waals surface area contributed by atoms with Crippen LogP contribution in [-0.4, -0.2) is 9.78 Å². The zero-order chi connectivity index (χ0) is 10.7. The first-order chi connectivity index (χ1) is 7.35. The van der Waals surface area contributed by atoms with Crippen LogP contribution in [0.3, 0.4) is 0 Å². The fraction of sp³-hybridized carbons (Fsp3) is 0.182. The van der Waals surface area contributed by atoms with Gasteiger partial charge < -0.3 is 0 Å². The lowest BCUT2D eigenvalue weighted by Crippen LogP contribution is -1.95. The Hall–Kier alpha value is -1.24. The summed E-state index contributed by atoms with van der Waals surface area (Å²) in [5, 5.41) is 6.43. The summed E-state index contributed by atoms with van der Waals surface area (Å²) in [6, 6.07) is 4.03. The van der Waals surface area contributed by atoms with Crippen LogP contribution in [0.1, 0.15) is 5.56 Å². The highest BCUT2D eigenvalue weighted by Gasteiger charge is 2.10. The van der Waals surface area contributed by atoms with Crippen molar-refractivity contribution >= 4 is 22.9 Å². The van der Waals surface area contributed by atoms with Gasteiger partial charge in [0, 0.05) is 11.8 Å². The molecule has 0 N–H and O–H groups in total. The van der Waals surface area contributed by atoms with E-state index in [1.807, 2.05) is 23.7 Å². The van der Waals surface area contributed by atoms with Crippen molar-refractivity contribution in [1.29, 1.82) is 0 Å². The molecule has 0 atom stereocenters. The standard InChI is InChI=1S/C11H9ClN2S/c1-2-5-14-8-9(7-12)11(13-14)10-4-3-6-15-10/h1,3-4,6,8H,5,7H2. The number of aromatic nitrogens is 2. The first kappa shape index (κ1) is 10.3. The average Bonchev–Trinajstić information content (AvgIpc) is 2.84. The van der Waals surface area contributed by atoms with Crippen LogP contribution in [0.5, 0.6) is 0 Å². The molecule has 0 aromatic carbocycles. The number of hydrogen-bond donors (Lipinski definition) is 0. The highest BCUT2D eigenvalue weighted by Crippen LogP contribution is 2.27. The van der Waals surface area contributed by atoms with Gasteiger partial charge in [0.05, 0.1) is 10.8 Å². The van der Waals surface area contributed by atoms with E-state index in [1.165, 1.54) is 0 Å². The minimum Gasteiger partial charge on any atom is -0.260 e. The van der Waals surface area contributed by atoms with Gasteiger partial charge in [-0.1, -0.05) is 12.0 Å². The number of hydrogen-bond acceptors (Lipinski definition) is 2. The molecule has 2 nitrogen and oxygen atoms in total. The van der Waals surface area contributed by atoms with E-state index in [1.54, 1.807) is 16.0 Å². The molecule has 0 radical (unpaired) electrons. The Morgan fingerprint density at radius 1 is 1.60 bits per heavy atom. The predicted octanol–water partition coefficient (Wildman–Crippen LogP) is 2.98. The van der Waals surface area contributed by atoms with Crippen LogP contribution in [0, 0.1) is 12.3 Å². The fourth-order valence-electron chi connectivity index (χ4n) is 1.36. The van der Waals surface area contributed by atoms with Crippen LogP contribution < -0.4 is 0 Å². The van der Waals surface area contributed by atoms with Gasteiger partial charge in [-0.05, 0) is 11.4 Å². The summed E-state index contributed by atoms with van der Waals surface area (Å²) in [5.74, 6) is 3.01. The van der Waals surface area contributed by atoms with E-state index < -0.39 is 0 Å². The Labute approximate surface area is 97.5 Å². The molecule has 2 heterocycles. The Morgan fingerprint density at radius 3 is 3.07 bits per heavy atom. The van der Waals surface area contributed by atoms with E-state index in [-0.39, 0.29) is 0 Å². The van der Waals surface area contributed by atoms with Gasteiger partial charge in [0.1, 0.15) is 12.2 Å². The molecule has 2 aromatic rings. The molecule has 0 aliphatic rings. The van der Waals surface area contributed by atoms with Crippen molar-refractivity contribution in [2.24, 2.45) is 0 Å². The number of halogens is 1. The second-order valence-corrected chi connectivity index (χ2v) is 4.23. The van der Waals surface area contributed by atoms with Crippen LogP contribution in [0.2, 0.25) is 0 Å². The third-order valence-electron chi connectivity index (χ3n) is 1.99. The number of thiophene rings is 1. The lowest BCUT2D eigenvalue weighted by atomic mass is 10.2. The predicted molar refractivity (Wildman–Crippen MR) is 63.9 cm³/mol. The zero-order valence-corrected chi connectivity index (χ0v) is 9.55. The van der Waals surface area contributed by atoms with Gasteiger partial charge in [0.25, 0.3) is 0 Å². The minimum absolute atomic E-state index is 0.456. The Kier molecular flexibility index (Phi) is 3.10. The van der Waals surface area contributed by atoms with Gasteiger partial charge in [-0.2, -0.15) is 5.10 Å². The lowest BCUT2D eigenvalue weighted by Gasteiger charge is -1.93. The molecule has 0 spiro atoms. The maximum atomic E-state index is 5.86. The van der Waals surface area contributed by atoms with E-state index in [0.29, 0.717) is 12.4 Å². The molecule has 4 heteroatoms. The molecule has 2 aromatic heterocycles. The summed E-state index contributed by atoms with van der Waals surface area (Å²) in [6.07, 6.45) is 7.14. The molecule has 0 aliphatic carbocycles. The molecular weight excluding hydrogens is 228 g/mol. The molecule has 0 saturated carbocycles. The van der Waals surface area contributed by atoms with Gasteiger partial charge >= 0.3 is 0 Å². The monoisotopic (exact) mass is 236 g/mol. The quantitative estimate of drug-likeness (QED) is 0.592. The SMILES string of the molecule is C#CCn1cc(CCl)c(-c2cccs2)n1. The minimum atomic E-state index is 0.456. The smallest absolute Gasteiger partial charge is 0.107 e. The second-order valence-electron chi connectivity index (χ2n) is 3.02. The van der Waals surface area contributed by atoms with Crippen LogP contribution in [0.15, 0.2) is 23.7 Å². The molecule has 0 bridgehead atoms. The first-order valence-corrected chi connectivity index (χ1v) is 5.86. The number of alkyl halides is 1. The van der Waals surface area contributed by atoms with Gasteiger partial charge in [0.15, 0.2) is 0 Å². The van der Waals surface area contributed by atoms with E-state index in [0.717, 1.165) is 16.1 Å². The third kappa shape index (κ3) is 2.06. The van der Waals surface area contributed by atoms with E-state index in [9.17, 15) is 0 Å². The van der Waals surface area contributed by atoms with E-state index in [4.69, 9.17) is 18.0 Å². The fourth-order valence-corrected chi connectivity index (χ4v) is 2.30. The molecule has 0 amide bonds. The Bertz CT molecular complexity index is 479. The molecule has 0 aliphatic heterocycles. The van der Waals surface area contributed by atoms with Crippen LogP contribution in [0.25, 0.3) is 10.6 Å². The first-order valence-electron chi connectivity index (χ1n) is 4.44. The van der Waals surface area contributed by atoms with Crippen LogP contribution in [0.4, 0.5) is 0 Å². The molecule has 0 fully saturated rings. The summed E-state index contributed by atoms with van der Waals surface area (Å²) in [5.41, 5.74) is 1.96. The van der Waals surface area contributed by atoms with Crippen molar-refractivity contribution in [2.75, 3.05) is 0 Å². The van der Waals surface area contributed by atoms with Gasteiger partial charge in [-0.3, -0.25) is 4.68 Å². The largest absolute Gasteiger partial charge is 0.260 e. The molecule has 15 heavy (non-hydrogen) atoms. The number of rotatable bonds is 3. The van der Waals surface area contributed by atoms with E-state index >= 15 is 0 Å². The van der Waals surface area contributed by atoms with E-state index in [2.05, 4.69) is 11.0 Å². The Balaban J connectivity index is 2.42. The van der Waals surface area contributed by atoms with Crippen molar-refractivity contribution in [2.45, 2.75) is 12.4 Å².